The number of unbranched alkanes of at least 4 members (excludes halogenated alkanes) is 1. The molecular weight excluding hydrogens is 560 g/mol. The van der Waals surface area contributed by atoms with Crippen LogP contribution in [0.15, 0.2) is 63.3 Å². The van der Waals surface area contributed by atoms with Gasteiger partial charge < -0.3 is 15.4 Å². The number of carbonyl (C=O) groups is 2. The van der Waals surface area contributed by atoms with Crippen LogP contribution in [0.2, 0.25) is 0 Å². The number of amidine groups is 1. The normalized spacial score (nSPS) is 18.4. The summed E-state index contributed by atoms with van der Waals surface area (Å²) in [6.07, 6.45) is 1.19. The van der Waals surface area contributed by atoms with E-state index in [1.165, 1.54) is 0 Å². The number of aromatic nitrogens is 1. The van der Waals surface area contributed by atoms with E-state index in [9.17, 15) is 27.2 Å². The van der Waals surface area contributed by atoms with Gasteiger partial charge in [-0.15, -0.1) is 18.3 Å². The molecule has 2 aliphatic heterocycles. The standard InChI is InChI=1S/C27H30F4N8O3/c1-26(25(41)33-16-18-9-11-32-12-10-18)17-39(38-37-26)13-3-2-4-20-5-8-23(36-35-20)34-24(40)15-19-14-21(6-7-22(19)28)42-27(29,30)31/h6-7,9-12,14H,2-5,8,13,15-17H2,1H3,(H,33,41)(H,34,36,40). The SMILES string of the molecule is CC1(C(=O)NCc2ccncc2)CN(CCCCC2=NN=C(NC(=O)Cc3cc(OC(F)(F)F)ccc3F)CC2)N=N1. The monoisotopic (exact) mass is 590 g/mol. The second kappa shape index (κ2) is 13.5. The van der Waals surface area contributed by atoms with E-state index in [0.29, 0.717) is 44.7 Å². The zero-order valence-corrected chi connectivity index (χ0v) is 22.8. The first-order valence-electron chi connectivity index (χ1n) is 13.3. The largest absolute Gasteiger partial charge is 0.573 e. The predicted octanol–water partition coefficient (Wildman–Crippen LogP) is 4.25. The van der Waals surface area contributed by atoms with Crippen LogP contribution < -0.4 is 15.4 Å². The molecule has 224 valence electrons. The molecule has 1 aromatic carbocycles. The summed E-state index contributed by atoms with van der Waals surface area (Å²) >= 11 is 0. The topological polar surface area (TPSA) is 133 Å². The number of ether oxygens (including phenoxy) is 1. The van der Waals surface area contributed by atoms with Gasteiger partial charge in [-0.1, -0.05) is 5.22 Å². The van der Waals surface area contributed by atoms with Crippen molar-refractivity contribution in [2.24, 2.45) is 20.5 Å². The summed E-state index contributed by atoms with van der Waals surface area (Å²) in [4.78, 5) is 28.9. The van der Waals surface area contributed by atoms with Crippen molar-refractivity contribution in [3.8, 4) is 5.75 Å². The molecule has 1 unspecified atom stereocenters. The number of amides is 2. The molecule has 0 aliphatic carbocycles. The maximum Gasteiger partial charge on any atom is 0.573 e. The molecule has 0 saturated heterocycles. The van der Waals surface area contributed by atoms with Crippen LogP contribution in [0.4, 0.5) is 17.6 Å². The summed E-state index contributed by atoms with van der Waals surface area (Å²) < 4.78 is 55.0. The second-order valence-corrected chi connectivity index (χ2v) is 10.1. The van der Waals surface area contributed by atoms with Crippen LogP contribution in [-0.4, -0.2) is 58.3 Å². The van der Waals surface area contributed by atoms with Crippen molar-refractivity contribution in [3.05, 3.63) is 59.7 Å². The fraction of sp³-hybridized carbons (Fsp3) is 0.444. The van der Waals surface area contributed by atoms with Gasteiger partial charge in [0.05, 0.1) is 13.0 Å². The molecule has 2 aliphatic rings. The van der Waals surface area contributed by atoms with Gasteiger partial charge in [0.15, 0.2) is 5.54 Å². The molecule has 15 heteroatoms. The van der Waals surface area contributed by atoms with Crippen LogP contribution in [0.3, 0.4) is 0 Å². The van der Waals surface area contributed by atoms with E-state index in [0.717, 1.165) is 42.3 Å². The van der Waals surface area contributed by atoms with Gasteiger partial charge in [-0.3, -0.25) is 19.6 Å². The maximum absolute atomic E-state index is 14.0. The number of benzene rings is 1. The Hall–Kier alpha value is -4.43. The van der Waals surface area contributed by atoms with Crippen molar-refractivity contribution in [2.75, 3.05) is 13.1 Å². The Balaban J connectivity index is 1.15. The average molecular weight is 591 g/mol. The van der Waals surface area contributed by atoms with Crippen LogP contribution in [0, 0.1) is 5.82 Å². The third-order valence-electron chi connectivity index (χ3n) is 6.55. The number of nitrogens with one attached hydrogen (secondary N) is 2. The summed E-state index contributed by atoms with van der Waals surface area (Å²) in [6, 6.07) is 6.14. The molecule has 42 heavy (non-hydrogen) atoms. The van der Waals surface area contributed by atoms with E-state index in [1.807, 2.05) is 12.1 Å². The van der Waals surface area contributed by atoms with E-state index in [1.54, 1.807) is 24.3 Å². The Labute approximate surface area is 239 Å². The second-order valence-electron chi connectivity index (χ2n) is 10.1. The lowest BCUT2D eigenvalue weighted by Gasteiger charge is -2.20. The Bertz CT molecular complexity index is 1370. The molecule has 0 bridgehead atoms. The minimum Gasteiger partial charge on any atom is -0.406 e. The summed E-state index contributed by atoms with van der Waals surface area (Å²) in [5.74, 6) is -1.97. The zero-order valence-electron chi connectivity index (χ0n) is 22.8. The summed E-state index contributed by atoms with van der Waals surface area (Å²) in [6.45, 7) is 3.14. The first-order valence-corrected chi connectivity index (χ1v) is 13.3. The molecule has 3 heterocycles. The third kappa shape index (κ3) is 9.04. The molecule has 4 rings (SSSR count). The molecule has 1 atom stereocenters. The number of pyridine rings is 1. The Kier molecular flexibility index (Phi) is 9.80. The highest BCUT2D eigenvalue weighted by Crippen LogP contribution is 2.25. The van der Waals surface area contributed by atoms with Gasteiger partial charge in [-0.25, -0.2) is 4.39 Å². The molecule has 0 radical (unpaired) electrons. The number of nitrogens with zero attached hydrogens (tertiary/aromatic N) is 6. The molecule has 2 N–H and O–H groups in total. The number of rotatable bonds is 11. The van der Waals surface area contributed by atoms with Crippen LogP contribution >= 0.6 is 0 Å². The van der Waals surface area contributed by atoms with E-state index >= 15 is 0 Å². The number of halogens is 4. The molecule has 11 nitrogen and oxygen atoms in total. The minimum absolute atomic E-state index is 0.197. The number of hydrogen-bond acceptors (Lipinski definition) is 9. The number of hydrogen-bond donors (Lipinski definition) is 2. The molecule has 2 amide bonds. The lowest BCUT2D eigenvalue weighted by Crippen LogP contribution is -2.46. The summed E-state index contributed by atoms with van der Waals surface area (Å²) in [5, 5.41) is 23.7. The molecule has 0 fully saturated rings. The Morgan fingerprint density at radius 1 is 1.10 bits per heavy atom. The van der Waals surface area contributed by atoms with E-state index in [4.69, 9.17) is 0 Å². The van der Waals surface area contributed by atoms with Gasteiger partial charge in [0, 0.05) is 43.2 Å². The van der Waals surface area contributed by atoms with Crippen molar-refractivity contribution in [1.82, 2.24) is 20.6 Å². The predicted molar refractivity (Wildman–Crippen MR) is 144 cm³/mol. The maximum atomic E-state index is 14.0. The van der Waals surface area contributed by atoms with E-state index in [2.05, 4.69) is 40.9 Å². The lowest BCUT2D eigenvalue weighted by molar-refractivity contribution is -0.274. The van der Waals surface area contributed by atoms with Crippen LogP contribution in [0.5, 0.6) is 5.75 Å². The molecular formula is C27H30F4N8O3. The highest BCUT2D eigenvalue weighted by atomic mass is 19.4. The number of carbonyl (C=O) groups excluding carboxylic acids is 2. The van der Waals surface area contributed by atoms with Crippen LogP contribution in [0.25, 0.3) is 0 Å². The lowest BCUT2D eigenvalue weighted by atomic mass is 10.0. The van der Waals surface area contributed by atoms with Gasteiger partial charge in [0.1, 0.15) is 17.4 Å². The smallest absolute Gasteiger partial charge is 0.406 e. The van der Waals surface area contributed by atoms with Gasteiger partial charge >= 0.3 is 6.36 Å². The highest BCUT2D eigenvalue weighted by Gasteiger charge is 2.39. The zero-order chi connectivity index (χ0) is 30.2. The van der Waals surface area contributed by atoms with Gasteiger partial charge in [0.2, 0.25) is 5.91 Å². The van der Waals surface area contributed by atoms with Crippen molar-refractivity contribution in [3.63, 3.8) is 0 Å². The van der Waals surface area contributed by atoms with Crippen molar-refractivity contribution in [2.45, 2.75) is 63.9 Å². The van der Waals surface area contributed by atoms with Gasteiger partial charge in [-0.05, 0) is 68.5 Å². The van der Waals surface area contributed by atoms with Crippen LogP contribution in [0.1, 0.15) is 50.2 Å². The Morgan fingerprint density at radius 3 is 2.60 bits per heavy atom. The quantitative estimate of drug-likeness (QED) is 0.298. The fourth-order valence-corrected chi connectivity index (χ4v) is 4.34. The van der Waals surface area contributed by atoms with Gasteiger partial charge in [0.25, 0.3) is 5.91 Å². The van der Waals surface area contributed by atoms with E-state index in [-0.39, 0.29) is 11.5 Å². The molecule has 1 aromatic heterocycles. The van der Waals surface area contributed by atoms with Crippen molar-refractivity contribution in [1.29, 1.82) is 0 Å². The van der Waals surface area contributed by atoms with Crippen molar-refractivity contribution < 1.29 is 31.9 Å². The van der Waals surface area contributed by atoms with Crippen LogP contribution in [-0.2, 0) is 22.6 Å². The van der Waals surface area contributed by atoms with Gasteiger partial charge in [-0.2, -0.15) is 10.2 Å². The van der Waals surface area contributed by atoms with E-state index < -0.39 is 35.8 Å². The Morgan fingerprint density at radius 2 is 1.88 bits per heavy atom. The first kappa shape index (κ1) is 30.5. The fourth-order valence-electron chi connectivity index (χ4n) is 4.34. The van der Waals surface area contributed by atoms with Crippen molar-refractivity contribution >= 4 is 23.4 Å². The average Bonchev–Trinajstić information content (AvgIpc) is 3.34. The molecule has 2 aromatic rings. The summed E-state index contributed by atoms with van der Waals surface area (Å²) in [5.41, 5.74) is 0.608. The third-order valence-corrected chi connectivity index (χ3v) is 6.55. The number of alkyl halides is 3. The first-order chi connectivity index (χ1) is 20.0. The minimum atomic E-state index is -4.93. The highest BCUT2D eigenvalue weighted by molar-refractivity contribution is 6.02. The molecule has 0 saturated carbocycles. The molecule has 0 spiro atoms. The summed E-state index contributed by atoms with van der Waals surface area (Å²) in [7, 11) is 0.